The average molecular weight is 2260 g/mol. The van der Waals surface area contributed by atoms with Crippen LogP contribution in [0.25, 0.3) is 0 Å². The quantitative estimate of drug-likeness (QED) is 0.0518. The van der Waals surface area contributed by atoms with Gasteiger partial charge in [0.2, 0.25) is 0 Å². The molecular formula is C92H84Cl8F12N8O12S8. The molecular weight excluding hydrogens is 2180 g/mol. The van der Waals surface area contributed by atoms with Crippen LogP contribution in [0.3, 0.4) is 0 Å². The highest BCUT2D eigenvalue weighted by Crippen LogP contribution is 2.49. The predicted molar refractivity (Wildman–Crippen MR) is 527 cm³/mol. The highest BCUT2D eigenvalue weighted by atomic mass is 35.5. The van der Waals surface area contributed by atoms with Crippen molar-refractivity contribution in [2.45, 2.75) is 116 Å². The van der Waals surface area contributed by atoms with Gasteiger partial charge in [0.25, 0.3) is 40.1 Å². The van der Waals surface area contributed by atoms with E-state index in [0.717, 1.165) is 45.3 Å². The molecule has 752 valence electrons. The topological polar surface area (TPSA) is 243 Å². The standard InChI is InChI=1S/4C23H21Cl2F3N2O3S2/c4*1-22(31,23(26,27)28)15-4-7-17(8-5-15)30-11-10-29(35(32,33)21-3-2-12-34-21)14-20(30)18-13-16(24)6-9-19(18)25/h4*2-9,12-13,20,31H,10-11,14H2,1H3/t2*20-,22+;2*20-,22-/m1010/s1. The lowest BCUT2D eigenvalue weighted by Crippen LogP contribution is -2.50. The minimum Gasteiger partial charge on any atom is -0.376 e. The minimum absolute atomic E-state index is 0.0579. The molecule has 0 amide bonds. The van der Waals surface area contributed by atoms with Crippen molar-refractivity contribution in [2.75, 3.05) is 98.1 Å². The fraction of sp³-hybridized carbons (Fsp3) is 0.304. The third-order valence-corrected chi connectivity index (χ3v) is 39.5. The molecule has 0 bridgehead atoms. The van der Waals surface area contributed by atoms with Crippen molar-refractivity contribution >= 4 is 201 Å². The number of alkyl halides is 12. The van der Waals surface area contributed by atoms with Gasteiger partial charge in [-0.2, -0.15) is 69.9 Å². The monoisotopic (exact) mass is 2260 g/mol. The van der Waals surface area contributed by atoms with E-state index in [1.54, 1.807) is 143 Å². The molecule has 16 rings (SSSR count). The first kappa shape index (κ1) is 110. The van der Waals surface area contributed by atoms with Crippen LogP contribution in [-0.2, 0) is 62.5 Å². The van der Waals surface area contributed by atoms with E-state index >= 15 is 0 Å². The Kier molecular flexibility index (Phi) is 33.8. The van der Waals surface area contributed by atoms with Gasteiger partial charge in [0, 0.05) is 141 Å². The van der Waals surface area contributed by atoms with Gasteiger partial charge in [-0.05, 0) is 239 Å². The Bertz CT molecular complexity index is 6010. The molecule has 4 aromatic heterocycles. The van der Waals surface area contributed by atoms with Crippen molar-refractivity contribution in [1.29, 1.82) is 0 Å². The number of anilines is 4. The molecule has 0 unspecified atom stereocenters. The molecule has 0 radical (unpaired) electrons. The first-order valence-electron chi connectivity index (χ1n) is 41.9. The van der Waals surface area contributed by atoms with E-state index in [-0.39, 0.29) is 118 Å². The largest absolute Gasteiger partial charge is 0.421 e. The van der Waals surface area contributed by atoms with Crippen LogP contribution in [0.5, 0.6) is 0 Å². The van der Waals surface area contributed by atoms with Crippen LogP contribution < -0.4 is 19.6 Å². The Morgan fingerprint density at radius 3 is 0.586 bits per heavy atom. The molecule has 140 heavy (non-hydrogen) atoms. The predicted octanol–water partition coefficient (Wildman–Crippen LogP) is 24.3. The summed E-state index contributed by atoms with van der Waals surface area (Å²) in [7, 11) is -15.0. The molecule has 0 aliphatic carbocycles. The van der Waals surface area contributed by atoms with Crippen LogP contribution in [0.15, 0.2) is 257 Å². The number of hydrogen-bond donors (Lipinski definition) is 4. The fourth-order valence-corrected chi connectivity index (χ4v) is 28.0. The zero-order chi connectivity index (χ0) is 102. The summed E-state index contributed by atoms with van der Waals surface area (Å²) in [4.78, 5) is 7.52. The maximum Gasteiger partial charge on any atom is 0.421 e. The van der Waals surface area contributed by atoms with Crippen LogP contribution in [0.4, 0.5) is 75.4 Å². The smallest absolute Gasteiger partial charge is 0.376 e. The molecule has 0 spiro atoms. The van der Waals surface area contributed by atoms with Crippen LogP contribution in [0.1, 0.15) is 96.4 Å². The molecule has 4 aliphatic heterocycles. The average Bonchev–Trinajstić information content (AvgIpc) is 1.11. The van der Waals surface area contributed by atoms with Gasteiger partial charge in [0.05, 0.1) is 24.2 Å². The maximum atomic E-state index is 13.3. The van der Waals surface area contributed by atoms with E-state index in [1.807, 2.05) is 19.6 Å². The maximum absolute atomic E-state index is 13.3. The van der Waals surface area contributed by atoms with Crippen LogP contribution in [-0.4, -0.2) is 175 Å². The van der Waals surface area contributed by atoms with Gasteiger partial charge in [0.1, 0.15) is 16.8 Å². The highest BCUT2D eigenvalue weighted by Gasteiger charge is 2.55. The van der Waals surface area contributed by atoms with Gasteiger partial charge in [-0.1, -0.05) is 166 Å². The highest BCUT2D eigenvalue weighted by molar-refractivity contribution is 7.92. The first-order chi connectivity index (χ1) is 65.3. The molecule has 4 N–H and O–H groups in total. The van der Waals surface area contributed by atoms with Gasteiger partial charge in [-0.15, -0.1) is 45.3 Å². The lowest BCUT2D eigenvalue weighted by molar-refractivity contribution is -0.259. The Balaban J connectivity index is 0.000000157. The molecule has 4 aliphatic rings. The Labute approximate surface area is 856 Å². The number of aliphatic hydroxyl groups is 4. The van der Waals surface area contributed by atoms with Gasteiger partial charge in [-0.3, -0.25) is 0 Å². The lowest BCUT2D eigenvalue weighted by atomic mass is 9.94. The summed E-state index contributed by atoms with van der Waals surface area (Å²) in [5.41, 5.74) is -8.62. The van der Waals surface area contributed by atoms with E-state index < -0.39 is 111 Å². The molecule has 0 saturated carbocycles. The van der Waals surface area contributed by atoms with Crippen LogP contribution in [0.2, 0.25) is 40.2 Å². The van der Waals surface area contributed by atoms with E-state index in [0.29, 0.717) is 113 Å². The van der Waals surface area contributed by atoms with Gasteiger partial charge in [0.15, 0.2) is 22.4 Å². The number of piperazine rings is 4. The SMILES string of the molecule is C[C@@](O)(c1ccc(N2CCN(S(=O)(=O)c3cccs3)C[C@@H]2c2cc(Cl)ccc2Cl)cc1)C(F)(F)F.C[C@@](O)(c1ccc(N2CCN(S(=O)(=O)c3cccs3)C[C@H]2c2cc(Cl)ccc2Cl)cc1)C(F)(F)F.C[C@](O)(c1ccc(N2CCN(S(=O)(=O)c3cccs3)C[C@@H]2c2cc(Cl)ccc2Cl)cc1)C(F)(F)F.C[C@](O)(c1ccc(N2CCN(S(=O)(=O)c3cccs3)C[C@H]2c2cc(Cl)ccc2Cl)cc1)C(F)(F)F. The Morgan fingerprint density at radius 1 is 0.264 bits per heavy atom. The summed E-state index contributed by atoms with van der Waals surface area (Å²) < 4.78 is 271. The second kappa shape index (κ2) is 43.0. The number of sulfonamides is 4. The molecule has 4 fully saturated rings. The molecule has 12 aromatic rings. The van der Waals surface area contributed by atoms with E-state index in [2.05, 4.69) is 0 Å². The minimum atomic E-state index is -4.84. The second-order valence-corrected chi connectivity index (χ2v) is 49.0. The van der Waals surface area contributed by atoms with Crippen molar-refractivity contribution in [3.05, 3.63) is 325 Å². The molecule has 8 atom stereocenters. The number of nitrogens with zero attached hydrogens (tertiary/aromatic N) is 8. The van der Waals surface area contributed by atoms with Crippen molar-refractivity contribution in [3.63, 3.8) is 0 Å². The summed E-state index contributed by atoms with van der Waals surface area (Å²) in [5, 5.41) is 49.9. The molecule has 8 heterocycles. The van der Waals surface area contributed by atoms with Crippen LogP contribution in [0, 0.1) is 0 Å². The fourth-order valence-electron chi connectivity index (χ4n) is 16.0. The van der Waals surface area contributed by atoms with Gasteiger partial charge in [-0.25, -0.2) is 33.7 Å². The number of thiophene rings is 4. The zero-order valence-electron chi connectivity index (χ0n) is 73.3. The Hall–Kier alpha value is -7.28. The lowest BCUT2D eigenvalue weighted by Gasteiger charge is -2.42. The molecule has 4 saturated heterocycles. The number of benzene rings is 8. The summed E-state index contributed by atoms with van der Waals surface area (Å²) >= 11 is 55.2. The first-order valence-corrected chi connectivity index (χ1v) is 54.2. The van der Waals surface area contributed by atoms with Crippen molar-refractivity contribution < 1.29 is 107 Å². The van der Waals surface area contributed by atoms with E-state index in [1.165, 1.54) is 114 Å². The third-order valence-electron chi connectivity index (χ3n) is 24.2. The Morgan fingerprint density at radius 2 is 0.436 bits per heavy atom. The van der Waals surface area contributed by atoms with E-state index in [9.17, 15) is 107 Å². The molecule has 48 heteroatoms. The zero-order valence-corrected chi connectivity index (χ0v) is 85.9. The van der Waals surface area contributed by atoms with Crippen molar-refractivity contribution in [3.8, 4) is 0 Å². The van der Waals surface area contributed by atoms with E-state index in [4.69, 9.17) is 92.8 Å². The second-order valence-electron chi connectivity index (χ2n) is 33.1. The normalized spacial score (nSPS) is 19.5. The third kappa shape index (κ3) is 23.7. The number of hydrogen-bond acceptors (Lipinski definition) is 20. The number of halogens is 20. The summed E-state index contributed by atoms with van der Waals surface area (Å²) in [6, 6.07) is 51.7. The van der Waals surface area contributed by atoms with Crippen LogP contribution >= 0.6 is 138 Å². The summed E-state index contributed by atoms with van der Waals surface area (Å²) in [6.07, 6.45) is -19.4. The summed E-state index contributed by atoms with van der Waals surface area (Å²) in [5.74, 6) is 0. The van der Waals surface area contributed by atoms with Crippen molar-refractivity contribution in [2.24, 2.45) is 0 Å². The number of rotatable bonds is 20. The summed E-state index contributed by atoms with van der Waals surface area (Å²) in [6.45, 7) is 4.71. The molecule has 8 aromatic carbocycles. The van der Waals surface area contributed by atoms with Gasteiger partial charge >= 0.3 is 24.7 Å². The van der Waals surface area contributed by atoms with Crippen molar-refractivity contribution in [1.82, 2.24) is 17.2 Å². The molecule has 20 nitrogen and oxygen atoms in total. The van der Waals surface area contributed by atoms with Gasteiger partial charge < -0.3 is 40.0 Å².